The van der Waals surface area contributed by atoms with Crippen LogP contribution in [0.5, 0.6) is 0 Å². The molecule has 104 valence electrons. The van der Waals surface area contributed by atoms with Crippen LogP contribution in [-0.4, -0.2) is 11.0 Å². The fourth-order valence-electron chi connectivity index (χ4n) is 4.99. The van der Waals surface area contributed by atoms with Gasteiger partial charge in [0.1, 0.15) is 0 Å². The number of aromatic nitrogens is 1. The van der Waals surface area contributed by atoms with Crippen LogP contribution in [0.2, 0.25) is 0 Å². The quantitative estimate of drug-likeness (QED) is 0.841. The van der Waals surface area contributed by atoms with E-state index in [9.17, 15) is 0 Å². The Morgan fingerprint density at radius 3 is 2.11 bits per heavy atom. The minimum absolute atomic E-state index is 0. The maximum Gasteiger partial charge on any atom is 0.0271 e. The van der Waals surface area contributed by atoms with E-state index in [0.717, 1.165) is 36.3 Å². The van der Waals surface area contributed by atoms with Gasteiger partial charge in [-0.1, -0.05) is 0 Å². The van der Waals surface area contributed by atoms with Crippen molar-refractivity contribution < 1.29 is 12.4 Å². The van der Waals surface area contributed by atoms with Gasteiger partial charge in [-0.25, -0.2) is 0 Å². The van der Waals surface area contributed by atoms with E-state index in [4.69, 9.17) is 0 Å². The van der Waals surface area contributed by atoms with Crippen molar-refractivity contribution in [3.8, 4) is 0 Å². The zero-order chi connectivity index (χ0) is 11.9. The van der Waals surface area contributed by atoms with E-state index in [1.54, 1.807) is 6.42 Å². The first-order valence-corrected chi connectivity index (χ1v) is 7.51. The van der Waals surface area contributed by atoms with Crippen LogP contribution in [0.3, 0.4) is 0 Å². The molecule has 4 aliphatic carbocycles. The van der Waals surface area contributed by atoms with Crippen molar-refractivity contribution in [1.82, 2.24) is 10.3 Å². The van der Waals surface area contributed by atoms with E-state index in [-0.39, 0.29) is 12.4 Å². The Morgan fingerprint density at radius 2 is 1.53 bits per heavy atom. The number of hydrogen-bond donors (Lipinski definition) is 1. The molecular weight excluding hydrogens is 256 g/mol. The molecule has 5 rings (SSSR count). The second-order valence-electron chi connectivity index (χ2n) is 6.69. The number of halogens is 1. The highest BCUT2D eigenvalue weighted by atomic mass is 35.5. The van der Waals surface area contributed by atoms with Gasteiger partial charge in [0.25, 0.3) is 0 Å². The van der Waals surface area contributed by atoms with Crippen molar-refractivity contribution in [2.24, 2.45) is 23.7 Å². The molecule has 0 saturated heterocycles. The van der Waals surface area contributed by atoms with Gasteiger partial charge in [-0.2, -0.15) is 0 Å². The lowest BCUT2D eigenvalue weighted by atomic mass is 9.54. The topological polar surface area (TPSA) is 24.9 Å². The largest absolute Gasteiger partial charge is 1.00 e. The fraction of sp³-hybridized carbons (Fsp3) is 0.688. The van der Waals surface area contributed by atoms with Crippen LogP contribution < -0.4 is 17.7 Å². The van der Waals surface area contributed by atoms with Crippen LogP contribution in [0.1, 0.15) is 37.7 Å². The average Bonchev–Trinajstić information content (AvgIpc) is 2.38. The first kappa shape index (κ1) is 13.4. The summed E-state index contributed by atoms with van der Waals surface area (Å²) in [4.78, 5) is 4.09. The van der Waals surface area contributed by atoms with Gasteiger partial charge < -0.3 is 17.7 Å². The SMILES string of the molecule is [Cl-].c1cc(CNC2C3CC4CC(C3)CC2C4)ccn1. The second kappa shape index (κ2) is 5.41. The number of nitrogens with one attached hydrogen (secondary N) is 1. The maximum absolute atomic E-state index is 4.09. The zero-order valence-electron chi connectivity index (χ0n) is 11.3. The molecule has 0 amide bonds. The highest BCUT2D eigenvalue weighted by molar-refractivity contribution is 5.10. The molecule has 3 heteroatoms. The van der Waals surface area contributed by atoms with Gasteiger partial charge in [-0.15, -0.1) is 0 Å². The Morgan fingerprint density at radius 1 is 0.947 bits per heavy atom. The highest BCUT2D eigenvalue weighted by Crippen LogP contribution is 2.53. The first-order chi connectivity index (χ1) is 8.88. The van der Waals surface area contributed by atoms with Crippen molar-refractivity contribution in [2.45, 2.75) is 44.7 Å². The van der Waals surface area contributed by atoms with E-state index in [0.29, 0.717) is 0 Å². The van der Waals surface area contributed by atoms with Crippen LogP contribution >= 0.6 is 0 Å². The lowest BCUT2D eigenvalue weighted by molar-refractivity contribution is -0.0142. The Balaban J connectivity index is 0.00000110. The average molecular weight is 278 g/mol. The van der Waals surface area contributed by atoms with E-state index in [2.05, 4.69) is 22.4 Å². The summed E-state index contributed by atoms with van der Waals surface area (Å²) >= 11 is 0. The minimum Gasteiger partial charge on any atom is -1.00 e. The van der Waals surface area contributed by atoms with Crippen LogP contribution in [0.15, 0.2) is 24.5 Å². The molecule has 1 heterocycles. The Kier molecular flexibility index (Phi) is 3.81. The molecule has 4 bridgehead atoms. The molecule has 4 fully saturated rings. The lowest BCUT2D eigenvalue weighted by Gasteiger charge is -2.54. The summed E-state index contributed by atoms with van der Waals surface area (Å²) in [7, 11) is 0. The molecule has 0 unspecified atom stereocenters. The predicted octanol–water partition coefficient (Wildman–Crippen LogP) is -0.0001000. The molecular formula is C16H22ClN2-. The van der Waals surface area contributed by atoms with Crippen molar-refractivity contribution in [2.75, 3.05) is 0 Å². The summed E-state index contributed by atoms with van der Waals surface area (Å²) in [6.45, 7) is 1.02. The Labute approximate surface area is 121 Å². The molecule has 1 N–H and O–H groups in total. The highest BCUT2D eigenvalue weighted by Gasteiger charge is 2.47. The van der Waals surface area contributed by atoms with Gasteiger partial charge in [0, 0.05) is 25.0 Å². The van der Waals surface area contributed by atoms with Crippen LogP contribution in [0.25, 0.3) is 0 Å². The molecule has 4 aliphatic rings. The lowest BCUT2D eigenvalue weighted by Crippen LogP contribution is -3.00. The molecule has 1 aromatic heterocycles. The number of pyridine rings is 1. The molecule has 2 nitrogen and oxygen atoms in total. The second-order valence-corrected chi connectivity index (χ2v) is 6.69. The summed E-state index contributed by atoms with van der Waals surface area (Å²) in [6, 6.07) is 5.05. The molecule has 0 atom stereocenters. The van der Waals surface area contributed by atoms with Gasteiger partial charge in [0.2, 0.25) is 0 Å². The predicted molar refractivity (Wildman–Crippen MR) is 71.9 cm³/mol. The summed E-state index contributed by atoms with van der Waals surface area (Å²) in [6.07, 6.45) is 11.3. The van der Waals surface area contributed by atoms with E-state index >= 15 is 0 Å². The number of rotatable bonds is 3. The molecule has 1 aromatic rings. The third-order valence-electron chi connectivity index (χ3n) is 5.52. The van der Waals surface area contributed by atoms with Crippen molar-refractivity contribution in [3.05, 3.63) is 30.1 Å². The normalized spacial score (nSPS) is 39.1. The fourth-order valence-corrected chi connectivity index (χ4v) is 4.99. The van der Waals surface area contributed by atoms with Gasteiger partial charge in [-0.05, 0) is 73.5 Å². The Hall–Kier alpha value is -0.600. The molecule has 0 spiro atoms. The van der Waals surface area contributed by atoms with Crippen LogP contribution in [0, 0.1) is 23.7 Å². The molecule has 0 aromatic carbocycles. The van der Waals surface area contributed by atoms with E-state index in [1.165, 1.54) is 31.2 Å². The smallest absolute Gasteiger partial charge is 0.0271 e. The third-order valence-corrected chi connectivity index (χ3v) is 5.52. The molecule has 19 heavy (non-hydrogen) atoms. The number of nitrogens with zero attached hydrogens (tertiary/aromatic N) is 1. The van der Waals surface area contributed by atoms with Crippen molar-refractivity contribution in [3.63, 3.8) is 0 Å². The van der Waals surface area contributed by atoms with E-state index in [1.807, 2.05) is 12.4 Å². The van der Waals surface area contributed by atoms with Gasteiger partial charge in [0.05, 0.1) is 0 Å². The summed E-state index contributed by atoms with van der Waals surface area (Å²) in [5, 5.41) is 3.85. The van der Waals surface area contributed by atoms with Crippen LogP contribution in [0.4, 0.5) is 0 Å². The molecule has 0 radical (unpaired) electrons. The monoisotopic (exact) mass is 277 g/mol. The molecule has 4 saturated carbocycles. The van der Waals surface area contributed by atoms with Gasteiger partial charge in [0.15, 0.2) is 0 Å². The number of hydrogen-bond acceptors (Lipinski definition) is 2. The standard InChI is InChI=1S/C16H22N2.ClH/c1-3-17-4-2-11(1)10-18-16-14-6-12-5-13(8-14)9-15(16)7-12;/h1-4,12-16,18H,5-10H2;1H/p-1. The van der Waals surface area contributed by atoms with Crippen molar-refractivity contribution >= 4 is 0 Å². The van der Waals surface area contributed by atoms with Gasteiger partial charge >= 0.3 is 0 Å². The van der Waals surface area contributed by atoms with E-state index < -0.39 is 0 Å². The van der Waals surface area contributed by atoms with Gasteiger partial charge in [-0.3, -0.25) is 4.98 Å². The zero-order valence-corrected chi connectivity index (χ0v) is 12.0. The van der Waals surface area contributed by atoms with Crippen molar-refractivity contribution in [1.29, 1.82) is 0 Å². The maximum atomic E-state index is 4.09. The molecule has 0 aliphatic heterocycles. The summed E-state index contributed by atoms with van der Waals surface area (Å²) in [5.74, 6) is 4.10. The minimum atomic E-state index is 0. The van der Waals surface area contributed by atoms with Crippen LogP contribution in [-0.2, 0) is 6.54 Å². The third kappa shape index (κ3) is 2.53. The first-order valence-electron chi connectivity index (χ1n) is 7.51. The Bertz CT molecular complexity index is 392. The summed E-state index contributed by atoms with van der Waals surface area (Å²) in [5.41, 5.74) is 1.37. The summed E-state index contributed by atoms with van der Waals surface area (Å²) < 4.78 is 0.